The molecule has 0 saturated heterocycles. The van der Waals surface area contributed by atoms with E-state index in [0.29, 0.717) is 12.5 Å². The van der Waals surface area contributed by atoms with E-state index in [1.165, 1.54) is 0 Å². The van der Waals surface area contributed by atoms with Crippen LogP contribution >= 0.6 is 0 Å². The van der Waals surface area contributed by atoms with E-state index in [9.17, 15) is 4.79 Å². The fourth-order valence-corrected chi connectivity index (χ4v) is 1.62. The highest BCUT2D eigenvalue weighted by molar-refractivity contribution is 5.93. The summed E-state index contributed by atoms with van der Waals surface area (Å²) < 4.78 is 5.07. The summed E-state index contributed by atoms with van der Waals surface area (Å²) in [6.07, 6.45) is 2.66. The van der Waals surface area contributed by atoms with E-state index in [2.05, 4.69) is 13.8 Å². The lowest BCUT2D eigenvalue weighted by Gasteiger charge is -2.09. The Morgan fingerprint density at radius 2 is 1.94 bits per heavy atom. The Morgan fingerprint density at radius 3 is 2.47 bits per heavy atom. The fraction of sp³-hybridized carbons (Fsp3) is 0.400. The normalized spacial score (nSPS) is 11.6. The van der Waals surface area contributed by atoms with Gasteiger partial charge in [0.15, 0.2) is 0 Å². The van der Waals surface area contributed by atoms with Crippen molar-refractivity contribution < 1.29 is 9.53 Å². The average molecular weight is 232 g/mol. The summed E-state index contributed by atoms with van der Waals surface area (Å²) in [4.78, 5) is 11.8. The lowest BCUT2D eigenvalue weighted by Crippen LogP contribution is -2.09. The van der Waals surface area contributed by atoms with Crippen LogP contribution < -0.4 is 0 Å². The summed E-state index contributed by atoms with van der Waals surface area (Å²) in [5.74, 6) is 0.236. The van der Waals surface area contributed by atoms with Crippen LogP contribution in [0.15, 0.2) is 35.9 Å². The molecule has 0 N–H and O–H groups in total. The van der Waals surface area contributed by atoms with Crippen LogP contribution in [0.5, 0.6) is 0 Å². The van der Waals surface area contributed by atoms with Crippen LogP contribution in [0.4, 0.5) is 0 Å². The molecule has 0 unspecified atom stereocenters. The predicted octanol–water partition coefficient (Wildman–Crippen LogP) is 3.68. The summed E-state index contributed by atoms with van der Waals surface area (Å²) >= 11 is 0. The van der Waals surface area contributed by atoms with Crippen molar-refractivity contribution in [3.63, 3.8) is 0 Å². The molecule has 1 aromatic carbocycles. The summed E-state index contributed by atoms with van der Waals surface area (Å²) in [6, 6.07) is 9.86. The standard InChI is InChI=1S/C15H20O2/c1-4-17-15(16)14(10-12(2)3)11-13-8-6-5-7-9-13/h5-9,11-12H,4,10H2,1-3H3/b14-11-. The smallest absolute Gasteiger partial charge is 0.334 e. The highest BCUT2D eigenvalue weighted by Gasteiger charge is 2.12. The summed E-state index contributed by atoms with van der Waals surface area (Å²) in [5.41, 5.74) is 1.78. The van der Waals surface area contributed by atoms with E-state index in [4.69, 9.17) is 4.74 Å². The van der Waals surface area contributed by atoms with Gasteiger partial charge in [-0.15, -0.1) is 0 Å². The number of ether oxygens (including phenoxy) is 1. The topological polar surface area (TPSA) is 26.3 Å². The van der Waals surface area contributed by atoms with Crippen molar-refractivity contribution in [1.82, 2.24) is 0 Å². The molecule has 0 bridgehead atoms. The zero-order valence-corrected chi connectivity index (χ0v) is 10.8. The molecule has 1 aromatic rings. The average Bonchev–Trinajstić information content (AvgIpc) is 2.29. The third kappa shape index (κ3) is 4.85. The number of hydrogen-bond donors (Lipinski definition) is 0. The van der Waals surface area contributed by atoms with Gasteiger partial charge in [0.05, 0.1) is 6.61 Å². The highest BCUT2D eigenvalue weighted by atomic mass is 16.5. The molecule has 0 aromatic heterocycles. The third-order valence-corrected chi connectivity index (χ3v) is 2.31. The van der Waals surface area contributed by atoms with Crippen LogP contribution in [-0.4, -0.2) is 12.6 Å². The van der Waals surface area contributed by atoms with Crippen LogP contribution in [0.1, 0.15) is 32.8 Å². The molecule has 2 nitrogen and oxygen atoms in total. The first-order valence-corrected chi connectivity index (χ1v) is 6.06. The van der Waals surface area contributed by atoms with E-state index in [1.807, 2.05) is 43.3 Å². The van der Waals surface area contributed by atoms with Crippen molar-refractivity contribution in [3.8, 4) is 0 Å². The maximum absolute atomic E-state index is 11.8. The van der Waals surface area contributed by atoms with Gasteiger partial charge in [0, 0.05) is 5.57 Å². The highest BCUT2D eigenvalue weighted by Crippen LogP contribution is 2.16. The Hall–Kier alpha value is -1.57. The number of benzene rings is 1. The summed E-state index contributed by atoms with van der Waals surface area (Å²) in [5, 5.41) is 0. The van der Waals surface area contributed by atoms with Gasteiger partial charge in [-0.05, 0) is 30.9 Å². The maximum atomic E-state index is 11.8. The molecule has 0 atom stereocenters. The molecule has 2 heteroatoms. The largest absolute Gasteiger partial charge is 0.463 e. The van der Waals surface area contributed by atoms with Crippen LogP contribution in [0, 0.1) is 5.92 Å². The van der Waals surface area contributed by atoms with Crippen molar-refractivity contribution >= 4 is 12.0 Å². The number of carbonyl (C=O) groups is 1. The number of carbonyl (C=O) groups excluding carboxylic acids is 1. The van der Waals surface area contributed by atoms with E-state index >= 15 is 0 Å². The van der Waals surface area contributed by atoms with Crippen LogP contribution in [-0.2, 0) is 9.53 Å². The molecule has 0 aliphatic rings. The first-order chi connectivity index (χ1) is 8.13. The zero-order chi connectivity index (χ0) is 12.7. The Labute approximate surface area is 103 Å². The van der Waals surface area contributed by atoms with Crippen LogP contribution in [0.25, 0.3) is 6.08 Å². The summed E-state index contributed by atoms with van der Waals surface area (Å²) in [6.45, 7) is 6.44. The minimum Gasteiger partial charge on any atom is -0.463 e. The molecule has 0 spiro atoms. The molecule has 0 amide bonds. The molecule has 0 fully saturated rings. The molecular weight excluding hydrogens is 212 g/mol. The van der Waals surface area contributed by atoms with Crippen LogP contribution in [0.2, 0.25) is 0 Å². The minimum absolute atomic E-state index is 0.204. The minimum atomic E-state index is -0.204. The molecule has 0 aliphatic carbocycles. The monoisotopic (exact) mass is 232 g/mol. The van der Waals surface area contributed by atoms with Crippen molar-refractivity contribution in [1.29, 1.82) is 0 Å². The molecular formula is C15H20O2. The van der Waals surface area contributed by atoms with Gasteiger partial charge in [0.25, 0.3) is 0 Å². The second-order valence-corrected chi connectivity index (χ2v) is 4.40. The maximum Gasteiger partial charge on any atom is 0.334 e. The first kappa shape index (κ1) is 13.5. The predicted molar refractivity (Wildman–Crippen MR) is 70.5 cm³/mol. The van der Waals surface area contributed by atoms with Gasteiger partial charge < -0.3 is 4.74 Å². The lowest BCUT2D eigenvalue weighted by molar-refractivity contribution is -0.138. The zero-order valence-electron chi connectivity index (χ0n) is 10.8. The van der Waals surface area contributed by atoms with Gasteiger partial charge in [-0.25, -0.2) is 4.79 Å². The summed E-state index contributed by atoms with van der Waals surface area (Å²) in [7, 11) is 0. The number of rotatable bonds is 5. The van der Waals surface area contributed by atoms with Gasteiger partial charge in [-0.2, -0.15) is 0 Å². The lowest BCUT2D eigenvalue weighted by atomic mass is 10.0. The Bertz CT molecular complexity index is 377. The SMILES string of the molecule is CCOC(=O)/C(=C\c1ccccc1)CC(C)C. The van der Waals surface area contributed by atoms with Gasteiger partial charge in [0.2, 0.25) is 0 Å². The third-order valence-electron chi connectivity index (χ3n) is 2.31. The van der Waals surface area contributed by atoms with Gasteiger partial charge in [-0.3, -0.25) is 0 Å². The van der Waals surface area contributed by atoms with Crippen LogP contribution in [0.3, 0.4) is 0 Å². The molecule has 0 radical (unpaired) electrons. The van der Waals surface area contributed by atoms with Gasteiger partial charge in [-0.1, -0.05) is 44.2 Å². The Balaban J connectivity index is 2.89. The van der Waals surface area contributed by atoms with Gasteiger partial charge >= 0.3 is 5.97 Å². The van der Waals surface area contributed by atoms with Gasteiger partial charge in [0.1, 0.15) is 0 Å². The molecule has 0 aliphatic heterocycles. The van der Waals surface area contributed by atoms with E-state index in [-0.39, 0.29) is 5.97 Å². The van der Waals surface area contributed by atoms with E-state index in [1.54, 1.807) is 0 Å². The Morgan fingerprint density at radius 1 is 1.29 bits per heavy atom. The van der Waals surface area contributed by atoms with Crippen molar-refractivity contribution in [2.45, 2.75) is 27.2 Å². The number of esters is 1. The molecule has 0 saturated carbocycles. The molecule has 17 heavy (non-hydrogen) atoms. The molecule has 0 heterocycles. The van der Waals surface area contributed by atoms with E-state index in [0.717, 1.165) is 17.6 Å². The number of hydrogen-bond acceptors (Lipinski definition) is 2. The van der Waals surface area contributed by atoms with E-state index < -0.39 is 0 Å². The van der Waals surface area contributed by atoms with Crippen molar-refractivity contribution in [2.24, 2.45) is 5.92 Å². The Kier molecular flexibility index (Phi) is 5.47. The molecule has 1 rings (SSSR count). The molecule has 92 valence electrons. The fourth-order valence-electron chi connectivity index (χ4n) is 1.62. The van der Waals surface area contributed by atoms with Crippen molar-refractivity contribution in [3.05, 3.63) is 41.5 Å². The second kappa shape index (κ2) is 6.89. The van der Waals surface area contributed by atoms with Crippen molar-refractivity contribution in [2.75, 3.05) is 6.61 Å². The second-order valence-electron chi connectivity index (χ2n) is 4.40. The quantitative estimate of drug-likeness (QED) is 0.572. The first-order valence-electron chi connectivity index (χ1n) is 6.06.